The van der Waals surface area contributed by atoms with Gasteiger partial charge >= 0.3 is 0 Å². The summed E-state index contributed by atoms with van der Waals surface area (Å²) in [5.41, 5.74) is 5.31. The number of aryl methyl sites for hydroxylation is 1. The number of hydrazine groups is 1. The largest absolute Gasteiger partial charge is 0.387 e. The Morgan fingerprint density at radius 2 is 2.21 bits per heavy atom. The van der Waals surface area contributed by atoms with Crippen molar-refractivity contribution in [2.45, 2.75) is 25.5 Å². The molecule has 0 amide bonds. The molecule has 0 saturated heterocycles. The van der Waals surface area contributed by atoms with Gasteiger partial charge in [0.2, 0.25) is 0 Å². The number of aromatic nitrogens is 3. The van der Waals surface area contributed by atoms with Crippen LogP contribution in [-0.4, -0.2) is 25.7 Å². The molecule has 1 aliphatic rings. The molecule has 0 radical (unpaired) electrons. The first-order valence-corrected chi connectivity index (χ1v) is 10.6. The summed E-state index contributed by atoms with van der Waals surface area (Å²) in [5, 5.41) is 22.7. The maximum absolute atomic E-state index is 9.34. The summed E-state index contributed by atoms with van der Waals surface area (Å²) in [6, 6.07) is 11.9. The van der Waals surface area contributed by atoms with Crippen LogP contribution in [0.3, 0.4) is 0 Å². The molecule has 0 bridgehead atoms. The molecule has 7 nitrogen and oxygen atoms in total. The van der Waals surface area contributed by atoms with Crippen molar-refractivity contribution in [3.05, 3.63) is 58.6 Å². The number of nitrogens with one attached hydrogen (secondary N) is 1. The summed E-state index contributed by atoms with van der Waals surface area (Å²) in [6.45, 7) is 4.87. The molecule has 142 valence electrons. The van der Waals surface area contributed by atoms with Gasteiger partial charge in [0.05, 0.1) is 28.6 Å². The van der Waals surface area contributed by atoms with Gasteiger partial charge in [-0.25, -0.2) is 0 Å². The first-order valence-electron chi connectivity index (χ1n) is 8.71. The molecule has 2 aromatic heterocycles. The smallest absolute Gasteiger partial charge is 0.193 e. The highest BCUT2D eigenvalue weighted by atomic mass is 32.2. The van der Waals surface area contributed by atoms with Gasteiger partial charge in [-0.15, -0.1) is 21.5 Å². The van der Waals surface area contributed by atoms with Crippen LogP contribution in [0, 0.1) is 18.3 Å². The standard InChI is InChI=1S/C19H18N6OS2/c1-3-25-18(17-5-4-8-27-17)21-22-19(25)28-12-24-11-16(26-23-24)15-9-13(2)6-7-14(15)10-20/h4-9,11,23H,3,12H2,1-2H3. The highest BCUT2D eigenvalue weighted by molar-refractivity contribution is 7.99. The lowest BCUT2D eigenvalue weighted by atomic mass is 10.0. The highest BCUT2D eigenvalue weighted by Crippen LogP contribution is 2.29. The second kappa shape index (κ2) is 8.06. The Labute approximate surface area is 171 Å². The van der Waals surface area contributed by atoms with Gasteiger partial charge < -0.3 is 9.40 Å². The summed E-state index contributed by atoms with van der Waals surface area (Å²) in [7, 11) is 0. The van der Waals surface area contributed by atoms with E-state index in [9.17, 15) is 5.26 Å². The van der Waals surface area contributed by atoms with Crippen molar-refractivity contribution in [1.82, 2.24) is 25.4 Å². The number of hydrogen-bond acceptors (Lipinski definition) is 8. The molecule has 0 saturated carbocycles. The first-order chi connectivity index (χ1) is 13.7. The SMILES string of the molecule is CCn1c(SCN2C=C(c3cc(C)ccc3C#N)ON2)nnc1-c1cccs1. The van der Waals surface area contributed by atoms with Crippen LogP contribution >= 0.6 is 23.1 Å². The molecule has 0 spiro atoms. The Hall–Kier alpha value is -2.80. The maximum Gasteiger partial charge on any atom is 0.193 e. The molecule has 0 atom stereocenters. The number of nitriles is 1. The van der Waals surface area contributed by atoms with Crippen molar-refractivity contribution in [1.29, 1.82) is 5.26 Å². The number of thiophene rings is 1. The van der Waals surface area contributed by atoms with E-state index in [0.29, 0.717) is 17.2 Å². The zero-order valence-corrected chi connectivity index (χ0v) is 17.0. The van der Waals surface area contributed by atoms with E-state index < -0.39 is 0 Å². The van der Waals surface area contributed by atoms with E-state index in [1.54, 1.807) is 23.1 Å². The van der Waals surface area contributed by atoms with E-state index in [1.807, 2.05) is 47.8 Å². The second-order valence-corrected chi connectivity index (χ2v) is 7.98. The van der Waals surface area contributed by atoms with Gasteiger partial charge in [-0.2, -0.15) is 5.26 Å². The molecule has 1 N–H and O–H groups in total. The quantitative estimate of drug-likeness (QED) is 0.615. The van der Waals surface area contributed by atoms with Crippen molar-refractivity contribution < 1.29 is 4.84 Å². The fourth-order valence-electron chi connectivity index (χ4n) is 2.85. The van der Waals surface area contributed by atoms with Gasteiger partial charge in [0.1, 0.15) is 0 Å². The average Bonchev–Trinajstić information content (AvgIpc) is 3.46. The van der Waals surface area contributed by atoms with Crippen molar-refractivity contribution in [2.75, 3.05) is 5.88 Å². The van der Waals surface area contributed by atoms with Gasteiger partial charge in [0, 0.05) is 12.1 Å². The summed E-state index contributed by atoms with van der Waals surface area (Å²) < 4.78 is 2.10. The topological polar surface area (TPSA) is 79.0 Å². The fourth-order valence-corrected chi connectivity index (χ4v) is 4.41. The van der Waals surface area contributed by atoms with Crippen LogP contribution in [0.4, 0.5) is 0 Å². The fraction of sp³-hybridized carbons (Fsp3) is 0.211. The monoisotopic (exact) mass is 410 g/mol. The second-order valence-electron chi connectivity index (χ2n) is 6.12. The van der Waals surface area contributed by atoms with Crippen LogP contribution in [0.1, 0.15) is 23.6 Å². The third kappa shape index (κ3) is 3.62. The molecule has 0 aliphatic carbocycles. The lowest BCUT2D eigenvalue weighted by Gasteiger charge is -2.13. The Balaban J connectivity index is 1.49. The third-order valence-corrected chi connectivity index (χ3v) is 6.05. The van der Waals surface area contributed by atoms with Crippen LogP contribution < -0.4 is 5.59 Å². The normalized spacial score (nSPS) is 13.3. The van der Waals surface area contributed by atoms with E-state index >= 15 is 0 Å². The molecule has 3 heterocycles. The number of benzene rings is 1. The lowest BCUT2D eigenvalue weighted by molar-refractivity contribution is 0.0607. The molecule has 9 heteroatoms. The van der Waals surface area contributed by atoms with Gasteiger partial charge in [0.15, 0.2) is 16.7 Å². The Morgan fingerprint density at radius 1 is 1.32 bits per heavy atom. The molecule has 1 aliphatic heterocycles. The van der Waals surface area contributed by atoms with Crippen molar-refractivity contribution in [2.24, 2.45) is 0 Å². The van der Waals surface area contributed by atoms with Crippen LogP contribution in [0.2, 0.25) is 0 Å². The van der Waals surface area contributed by atoms with E-state index in [-0.39, 0.29) is 0 Å². The zero-order valence-electron chi connectivity index (χ0n) is 15.4. The van der Waals surface area contributed by atoms with Crippen molar-refractivity contribution >= 4 is 28.9 Å². The van der Waals surface area contributed by atoms with E-state index in [1.165, 1.54) is 0 Å². The first kappa shape index (κ1) is 18.6. The molecule has 0 unspecified atom stereocenters. The summed E-state index contributed by atoms with van der Waals surface area (Å²) in [4.78, 5) is 6.70. The van der Waals surface area contributed by atoms with Crippen LogP contribution in [0.25, 0.3) is 16.5 Å². The van der Waals surface area contributed by atoms with Gasteiger partial charge in [-0.3, -0.25) is 5.01 Å². The molecule has 4 rings (SSSR count). The Bertz CT molecular complexity index is 1050. The number of rotatable bonds is 6. The Kier molecular flexibility index (Phi) is 5.34. The van der Waals surface area contributed by atoms with Gasteiger partial charge in [0.25, 0.3) is 0 Å². The average molecular weight is 411 g/mol. The van der Waals surface area contributed by atoms with Crippen LogP contribution in [-0.2, 0) is 11.4 Å². The molecule has 0 fully saturated rings. The Morgan fingerprint density at radius 3 is 2.96 bits per heavy atom. The number of thioether (sulfide) groups is 1. The molecule has 3 aromatic rings. The van der Waals surface area contributed by atoms with Gasteiger partial charge in [-0.1, -0.05) is 35.0 Å². The number of nitrogens with zero attached hydrogens (tertiary/aromatic N) is 5. The summed E-state index contributed by atoms with van der Waals surface area (Å²) in [5.74, 6) is 2.09. The molecular formula is C19H18N6OS2. The minimum Gasteiger partial charge on any atom is -0.387 e. The maximum atomic E-state index is 9.34. The molecule has 28 heavy (non-hydrogen) atoms. The highest BCUT2D eigenvalue weighted by Gasteiger charge is 2.20. The predicted molar refractivity (Wildman–Crippen MR) is 110 cm³/mol. The van der Waals surface area contributed by atoms with E-state index in [0.717, 1.165) is 33.5 Å². The van der Waals surface area contributed by atoms with Crippen LogP contribution in [0.15, 0.2) is 47.1 Å². The molecule has 1 aromatic carbocycles. The van der Waals surface area contributed by atoms with E-state index in [2.05, 4.69) is 39.4 Å². The summed E-state index contributed by atoms with van der Waals surface area (Å²) >= 11 is 3.22. The van der Waals surface area contributed by atoms with Crippen molar-refractivity contribution in [3.63, 3.8) is 0 Å². The third-order valence-electron chi connectivity index (χ3n) is 4.21. The van der Waals surface area contributed by atoms with Gasteiger partial charge in [-0.05, 0) is 37.4 Å². The predicted octanol–water partition coefficient (Wildman–Crippen LogP) is 4.01. The van der Waals surface area contributed by atoms with Crippen molar-refractivity contribution in [3.8, 4) is 16.8 Å². The zero-order chi connectivity index (χ0) is 19.5. The molecular weight excluding hydrogens is 392 g/mol. The lowest BCUT2D eigenvalue weighted by Crippen LogP contribution is -2.27. The van der Waals surface area contributed by atoms with Crippen LogP contribution in [0.5, 0.6) is 0 Å². The van der Waals surface area contributed by atoms with E-state index in [4.69, 9.17) is 4.84 Å². The minimum atomic E-state index is 0.583. The number of hydrogen-bond donors (Lipinski definition) is 1. The minimum absolute atomic E-state index is 0.583. The summed E-state index contributed by atoms with van der Waals surface area (Å²) in [6.07, 6.45) is 1.86.